The van der Waals surface area contributed by atoms with Gasteiger partial charge in [-0.25, -0.2) is 0 Å². The molecule has 0 heterocycles. The van der Waals surface area contributed by atoms with Crippen molar-refractivity contribution >= 4 is 0 Å². The van der Waals surface area contributed by atoms with Crippen molar-refractivity contribution in [2.75, 3.05) is 0 Å². The fourth-order valence-corrected chi connectivity index (χ4v) is 2.02. The fraction of sp³-hybridized carbons (Fsp3) is 1.00. The molecule has 0 amide bonds. The predicted octanol–water partition coefficient (Wildman–Crippen LogP) is 2.69. The fourth-order valence-electron chi connectivity index (χ4n) is 2.02. The second kappa shape index (κ2) is 4.76. The second-order valence-electron chi connectivity index (χ2n) is 3.91. The Morgan fingerprint density at radius 2 is 1.91 bits per heavy atom. The Kier molecular flexibility index (Phi) is 3.92. The van der Waals surface area contributed by atoms with Crippen molar-refractivity contribution in [3.63, 3.8) is 0 Å². The van der Waals surface area contributed by atoms with Crippen molar-refractivity contribution in [1.29, 1.82) is 0 Å². The van der Waals surface area contributed by atoms with E-state index in [0.717, 1.165) is 12.3 Å². The lowest BCUT2D eigenvalue weighted by Crippen LogP contribution is -2.23. The molecular weight excluding hydrogens is 134 g/mol. The summed E-state index contributed by atoms with van der Waals surface area (Å²) in [5, 5.41) is 0. The van der Waals surface area contributed by atoms with Gasteiger partial charge in [-0.2, -0.15) is 0 Å². The van der Waals surface area contributed by atoms with Crippen LogP contribution in [0.25, 0.3) is 0 Å². The van der Waals surface area contributed by atoms with E-state index in [9.17, 15) is 0 Å². The van der Waals surface area contributed by atoms with Gasteiger partial charge in [0.15, 0.2) is 0 Å². The minimum absolute atomic E-state index is 0.470. The molecule has 1 heteroatoms. The Morgan fingerprint density at radius 1 is 1.27 bits per heavy atom. The molecule has 66 valence electrons. The average Bonchev–Trinajstić information content (AvgIpc) is 2.06. The number of rotatable bonds is 3. The third kappa shape index (κ3) is 3.24. The smallest absolute Gasteiger partial charge is 0.00388 e. The van der Waals surface area contributed by atoms with Gasteiger partial charge in [0.05, 0.1) is 0 Å². The maximum atomic E-state index is 5.90. The Morgan fingerprint density at radius 3 is 2.45 bits per heavy atom. The van der Waals surface area contributed by atoms with Gasteiger partial charge in [0, 0.05) is 6.04 Å². The molecule has 2 N–H and O–H groups in total. The summed E-state index contributed by atoms with van der Waals surface area (Å²) in [5.41, 5.74) is 5.90. The Hall–Kier alpha value is -0.0400. The highest BCUT2D eigenvalue weighted by Crippen LogP contribution is 2.27. The van der Waals surface area contributed by atoms with E-state index in [2.05, 4.69) is 6.92 Å². The zero-order valence-electron chi connectivity index (χ0n) is 7.68. The van der Waals surface area contributed by atoms with Gasteiger partial charge in [-0.1, -0.05) is 39.0 Å². The van der Waals surface area contributed by atoms with Crippen molar-refractivity contribution in [2.24, 2.45) is 11.7 Å². The molecule has 0 saturated heterocycles. The van der Waals surface area contributed by atoms with Gasteiger partial charge in [-0.15, -0.1) is 0 Å². The average molecular weight is 155 g/mol. The molecule has 1 aliphatic rings. The van der Waals surface area contributed by atoms with Crippen molar-refractivity contribution in [1.82, 2.24) is 0 Å². The van der Waals surface area contributed by atoms with Crippen LogP contribution in [-0.4, -0.2) is 6.04 Å². The highest BCUT2D eigenvalue weighted by molar-refractivity contribution is 4.70. The minimum Gasteiger partial charge on any atom is -0.328 e. The van der Waals surface area contributed by atoms with Crippen molar-refractivity contribution in [3.8, 4) is 0 Å². The van der Waals surface area contributed by atoms with E-state index in [0.29, 0.717) is 6.04 Å². The molecule has 0 radical (unpaired) electrons. The molecule has 0 aromatic heterocycles. The number of hydrogen-bond acceptors (Lipinski definition) is 1. The van der Waals surface area contributed by atoms with Crippen LogP contribution in [0.1, 0.15) is 51.9 Å². The maximum absolute atomic E-state index is 5.90. The Labute approximate surface area is 70.4 Å². The monoisotopic (exact) mass is 155 g/mol. The van der Waals surface area contributed by atoms with E-state index in [-0.39, 0.29) is 0 Å². The van der Waals surface area contributed by atoms with E-state index in [1.54, 1.807) is 0 Å². The van der Waals surface area contributed by atoms with Gasteiger partial charge in [0.1, 0.15) is 0 Å². The van der Waals surface area contributed by atoms with Crippen LogP contribution >= 0.6 is 0 Å². The van der Waals surface area contributed by atoms with Crippen molar-refractivity contribution in [2.45, 2.75) is 57.9 Å². The highest BCUT2D eigenvalue weighted by atomic mass is 14.6. The molecule has 1 saturated carbocycles. The molecule has 1 atom stereocenters. The van der Waals surface area contributed by atoms with Gasteiger partial charge >= 0.3 is 0 Å². The van der Waals surface area contributed by atoms with E-state index in [4.69, 9.17) is 5.73 Å². The molecular formula is C10H21N. The molecule has 0 unspecified atom stereocenters. The first-order valence-corrected chi connectivity index (χ1v) is 5.08. The predicted molar refractivity (Wildman–Crippen MR) is 49.5 cm³/mol. The number of nitrogens with two attached hydrogens (primary N) is 1. The van der Waals surface area contributed by atoms with Gasteiger partial charge in [0.2, 0.25) is 0 Å². The Balaban J connectivity index is 2.13. The van der Waals surface area contributed by atoms with E-state index in [1.165, 1.54) is 38.5 Å². The van der Waals surface area contributed by atoms with Crippen LogP contribution in [0.5, 0.6) is 0 Å². The summed E-state index contributed by atoms with van der Waals surface area (Å²) in [6.45, 7) is 2.19. The summed E-state index contributed by atoms with van der Waals surface area (Å²) in [5.74, 6) is 0.957. The molecule has 1 rings (SSSR count). The zero-order chi connectivity index (χ0) is 8.10. The normalized spacial score (nSPS) is 23.5. The largest absolute Gasteiger partial charge is 0.328 e. The van der Waals surface area contributed by atoms with Crippen LogP contribution in [0.15, 0.2) is 0 Å². The summed E-state index contributed by atoms with van der Waals surface area (Å²) in [6, 6.07) is 0.470. The first-order valence-electron chi connectivity index (χ1n) is 5.08. The van der Waals surface area contributed by atoms with Gasteiger partial charge in [-0.3, -0.25) is 0 Å². The third-order valence-electron chi connectivity index (χ3n) is 2.89. The van der Waals surface area contributed by atoms with Gasteiger partial charge < -0.3 is 5.73 Å². The molecule has 0 aliphatic heterocycles. The molecule has 1 fully saturated rings. The standard InChI is InChI=1S/C10H21N/c1-2-10(11)8-9-6-4-3-5-7-9/h9-10H,2-8,11H2,1H3/t10-/m1/s1. The van der Waals surface area contributed by atoms with Crippen molar-refractivity contribution < 1.29 is 0 Å². The van der Waals surface area contributed by atoms with Gasteiger partial charge in [-0.05, 0) is 18.8 Å². The van der Waals surface area contributed by atoms with Crippen molar-refractivity contribution in [3.05, 3.63) is 0 Å². The minimum atomic E-state index is 0.470. The molecule has 1 aliphatic carbocycles. The van der Waals surface area contributed by atoms with E-state index in [1.807, 2.05) is 0 Å². The molecule has 0 bridgehead atoms. The first kappa shape index (κ1) is 9.05. The summed E-state index contributed by atoms with van der Waals surface area (Å²) >= 11 is 0. The highest BCUT2D eigenvalue weighted by Gasteiger charge is 2.15. The first-order chi connectivity index (χ1) is 5.33. The third-order valence-corrected chi connectivity index (χ3v) is 2.89. The van der Waals surface area contributed by atoms with Gasteiger partial charge in [0.25, 0.3) is 0 Å². The van der Waals surface area contributed by atoms with Crippen LogP contribution in [0.2, 0.25) is 0 Å². The van der Waals surface area contributed by atoms with E-state index >= 15 is 0 Å². The number of hydrogen-bond donors (Lipinski definition) is 1. The maximum Gasteiger partial charge on any atom is 0.00388 e. The lowest BCUT2D eigenvalue weighted by atomic mass is 9.84. The Bertz CT molecular complexity index is 95.0. The quantitative estimate of drug-likeness (QED) is 0.666. The molecule has 0 aromatic carbocycles. The summed E-state index contributed by atoms with van der Waals surface area (Å²) in [7, 11) is 0. The summed E-state index contributed by atoms with van der Waals surface area (Å²) in [4.78, 5) is 0. The molecule has 11 heavy (non-hydrogen) atoms. The van der Waals surface area contributed by atoms with Crippen LogP contribution < -0.4 is 5.73 Å². The van der Waals surface area contributed by atoms with Crippen LogP contribution in [-0.2, 0) is 0 Å². The molecule has 0 spiro atoms. The lowest BCUT2D eigenvalue weighted by molar-refractivity contribution is 0.315. The summed E-state index contributed by atoms with van der Waals surface area (Å²) < 4.78 is 0. The topological polar surface area (TPSA) is 26.0 Å². The van der Waals surface area contributed by atoms with Crippen LogP contribution in [0.3, 0.4) is 0 Å². The second-order valence-corrected chi connectivity index (χ2v) is 3.91. The van der Waals surface area contributed by atoms with Crippen LogP contribution in [0, 0.1) is 5.92 Å². The SMILES string of the molecule is CC[C@@H](N)CC1CCCCC1. The van der Waals surface area contributed by atoms with E-state index < -0.39 is 0 Å². The van der Waals surface area contributed by atoms with Crippen LogP contribution in [0.4, 0.5) is 0 Å². The molecule has 1 nitrogen and oxygen atoms in total. The zero-order valence-corrected chi connectivity index (χ0v) is 7.68. The summed E-state index contributed by atoms with van der Waals surface area (Å²) in [6.07, 6.45) is 9.65. The lowest BCUT2D eigenvalue weighted by Gasteiger charge is -2.23. The molecule has 0 aromatic rings.